The van der Waals surface area contributed by atoms with E-state index < -0.39 is 0 Å². The molecule has 0 spiro atoms. The van der Waals surface area contributed by atoms with Gasteiger partial charge in [-0.05, 0) is 35.9 Å². The van der Waals surface area contributed by atoms with Gasteiger partial charge in [-0.1, -0.05) is 42.5 Å². The van der Waals surface area contributed by atoms with E-state index in [1.807, 2.05) is 72.8 Å². The Morgan fingerprint density at radius 1 is 0.964 bits per heavy atom. The number of carbonyl (C=O) groups is 1. The van der Waals surface area contributed by atoms with Crippen molar-refractivity contribution in [3.8, 4) is 17.2 Å². The highest BCUT2D eigenvalue weighted by atomic mass is 16.7. The van der Waals surface area contributed by atoms with E-state index in [1.54, 1.807) is 11.9 Å². The lowest BCUT2D eigenvalue weighted by Crippen LogP contribution is -2.27. The van der Waals surface area contributed by atoms with Crippen LogP contribution in [0.5, 0.6) is 17.2 Å². The van der Waals surface area contributed by atoms with E-state index in [0.717, 1.165) is 28.4 Å². The maximum Gasteiger partial charge on any atom is 0.254 e. The highest BCUT2D eigenvalue weighted by molar-refractivity contribution is 5.95. The number of benzene rings is 3. The number of amides is 1. The van der Waals surface area contributed by atoms with E-state index in [-0.39, 0.29) is 12.7 Å². The van der Waals surface area contributed by atoms with E-state index in [0.29, 0.717) is 18.7 Å². The number of nitrogens with zero attached hydrogens (tertiary/aromatic N) is 1. The number of rotatable bonds is 6. The Balaban J connectivity index is 1.46. The summed E-state index contributed by atoms with van der Waals surface area (Å²) in [5, 5.41) is 0. The topological polar surface area (TPSA) is 48.0 Å². The minimum Gasteiger partial charge on any atom is -0.489 e. The van der Waals surface area contributed by atoms with Crippen LogP contribution in [-0.2, 0) is 13.2 Å². The van der Waals surface area contributed by atoms with Crippen molar-refractivity contribution in [3.05, 3.63) is 89.5 Å². The number of para-hydroxylation sites is 1. The molecule has 28 heavy (non-hydrogen) atoms. The van der Waals surface area contributed by atoms with Crippen LogP contribution in [0.2, 0.25) is 0 Å². The van der Waals surface area contributed by atoms with E-state index >= 15 is 0 Å². The second-order valence-electron chi connectivity index (χ2n) is 6.61. The monoisotopic (exact) mass is 375 g/mol. The minimum atomic E-state index is -0.0510. The fourth-order valence-corrected chi connectivity index (χ4v) is 3.12. The predicted molar refractivity (Wildman–Crippen MR) is 106 cm³/mol. The first-order valence-electron chi connectivity index (χ1n) is 9.10. The molecule has 0 aliphatic carbocycles. The molecule has 1 heterocycles. The van der Waals surface area contributed by atoms with Crippen molar-refractivity contribution in [1.82, 2.24) is 4.90 Å². The van der Waals surface area contributed by atoms with Crippen LogP contribution in [0, 0.1) is 0 Å². The van der Waals surface area contributed by atoms with Crippen LogP contribution in [0.25, 0.3) is 0 Å². The van der Waals surface area contributed by atoms with E-state index in [1.165, 1.54) is 0 Å². The molecule has 1 aliphatic heterocycles. The third kappa shape index (κ3) is 3.93. The fraction of sp³-hybridized carbons (Fsp3) is 0.174. The third-order valence-electron chi connectivity index (χ3n) is 4.59. The van der Waals surface area contributed by atoms with Crippen LogP contribution in [-0.4, -0.2) is 24.6 Å². The summed E-state index contributed by atoms with van der Waals surface area (Å²) in [6, 6.07) is 22.9. The first-order chi connectivity index (χ1) is 13.7. The van der Waals surface area contributed by atoms with Gasteiger partial charge < -0.3 is 19.1 Å². The summed E-state index contributed by atoms with van der Waals surface area (Å²) in [7, 11) is 1.79. The SMILES string of the molecule is CN(Cc1ccc2c(c1)OCO2)C(=O)c1ccccc1COc1ccccc1. The van der Waals surface area contributed by atoms with E-state index in [9.17, 15) is 4.79 Å². The maximum atomic E-state index is 13.0. The third-order valence-corrected chi connectivity index (χ3v) is 4.59. The molecule has 0 saturated heterocycles. The molecule has 5 heteroatoms. The molecule has 1 amide bonds. The highest BCUT2D eigenvalue weighted by Crippen LogP contribution is 2.32. The molecule has 4 rings (SSSR count). The van der Waals surface area contributed by atoms with Crippen LogP contribution in [0.1, 0.15) is 21.5 Å². The van der Waals surface area contributed by atoms with Crippen molar-refractivity contribution in [3.63, 3.8) is 0 Å². The van der Waals surface area contributed by atoms with Crippen LogP contribution in [0.4, 0.5) is 0 Å². The fourth-order valence-electron chi connectivity index (χ4n) is 3.12. The van der Waals surface area contributed by atoms with Gasteiger partial charge in [0.25, 0.3) is 5.91 Å². The largest absolute Gasteiger partial charge is 0.489 e. The van der Waals surface area contributed by atoms with Crippen molar-refractivity contribution in [1.29, 1.82) is 0 Å². The standard InChI is InChI=1S/C23H21NO4/c1-24(14-17-11-12-21-22(13-17)28-16-27-21)23(25)20-10-6-5-7-18(20)15-26-19-8-3-2-4-9-19/h2-13H,14-16H2,1H3. The number of hydrogen-bond acceptors (Lipinski definition) is 4. The Morgan fingerprint density at radius 3 is 2.57 bits per heavy atom. The lowest BCUT2D eigenvalue weighted by atomic mass is 10.1. The molecule has 0 unspecified atom stereocenters. The Labute approximate surface area is 164 Å². The zero-order valence-corrected chi connectivity index (χ0v) is 15.6. The molecule has 0 atom stereocenters. The van der Waals surface area contributed by atoms with Crippen LogP contribution < -0.4 is 14.2 Å². The number of fused-ring (bicyclic) bond motifs is 1. The molecule has 0 fully saturated rings. The Hall–Kier alpha value is -3.47. The van der Waals surface area contributed by atoms with Gasteiger partial charge in [-0.3, -0.25) is 4.79 Å². The number of ether oxygens (including phenoxy) is 3. The van der Waals surface area contributed by atoms with Crippen molar-refractivity contribution < 1.29 is 19.0 Å². The molecule has 0 N–H and O–H groups in total. The van der Waals surface area contributed by atoms with Crippen molar-refractivity contribution in [2.75, 3.05) is 13.8 Å². The second-order valence-corrected chi connectivity index (χ2v) is 6.61. The Kier molecular flexibility index (Phi) is 5.15. The average Bonchev–Trinajstić information content (AvgIpc) is 3.20. The maximum absolute atomic E-state index is 13.0. The zero-order valence-electron chi connectivity index (χ0n) is 15.6. The zero-order chi connectivity index (χ0) is 19.3. The summed E-state index contributed by atoms with van der Waals surface area (Å²) in [5.41, 5.74) is 2.48. The normalized spacial score (nSPS) is 11.9. The van der Waals surface area contributed by atoms with Gasteiger partial charge in [0.05, 0.1) is 0 Å². The summed E-state index contributed by atoms with van der Waals surface area (Å²) in [6.45, 7) is 1.05. The second kappa shape index (κ2) is 8.05. The smallest absolute Gasteiger partial charge is 0.254 e. The highest BCUT2D eigenvalue weighted by Gasteiger charge is 2.18. The predicted octanol–water partition coefficient (Wildman–Crippen LogP) is 4.27. The van der Waals surface area contributed by atoms with Gasteiger partial charge in [-0.2, -0.15) is 0 Å². The Bertz CT molecular complexity index is 971. The quantitative estimate of drug-likeness (QED) is 0.646. The molecule has 1 aliphatic rings. The first-order valence-corrected chi connectivity index (χ1v) is 9.10. The molecule has 0 radical (unpaired) electrons. The average molecular weight is 375 g/mol. The van der Waals surface area contributed by atoms with Crippen LogP contribution in [0.15, 0.2) is 72.8 Å². The first kappa shape index (κ1) is 17.9. The van der Waals surface area contributed by atoms with Gasteiger partial charge in [0.1, 0.15) is 12.4 Å². The van der Waals surface area contributed by atoms with Gasteiger partial charge in [0.2, 0.25) is 6.79 Å². The molecule has 5 nitrogen and oxygen atoms in total. The molecule has 0 saturated carbocycles. The number of hydrogen-bond donors (Lipinski definition) is 0. The van der Waals surface area contributed by atoms with Crippen molar-refractivity contribution in [2.45, 2.75) is 13.2 Å². The number of carbonyl (C=O) groups excluding carboxylic acids is 1. The molecule has 0 aromatic heterocycles. The van der Waals surface area contributed by atoms with Crippen LogP contribution >= 0.6 is 0 Å². The van der Waals surface area contributed by atoms with Gasteiger partial charge in [0.15, 0.2) is 11.5 Å². The molecular weight excluding hydrogens is 354 g/mol. The lowest BCUT2D eigenvalue weighted by molar-refractivity contribution is 0.0782. The summed E-state index contributed by atoms with van der Waals surface area (Å²) < 4.78 is 16.6. The summed E-state index contributed by atoms with van der Waals surface area (Å²) >= 11 is 0. The van der Waals surface area contributed by atoms with Crippen molar-refractivity contribution in [2.24, 2.45) is 0 Å². The molecule has 0 bridgehead atoms. The van der Waals surface area contributed by atoms with Gasteiger partial charge in [-0.25, -0.2) is 0 Å². The van der Waals surface area contributed by atoms with Crippen molar-refractivity contribution >= 4 is 5.91 Å². The molecule has 3 aromatic rings. The van der Waals surface area contributed by atoms with Gasteiger partial charge in [-0.15, -0.1) is 0 Å². The molecule has 3 aromatic carbocycles. The summed E-state index contributed by atoms with van der Waals surface area (Å²) in [5.74, 6) is 2.18. The van der Waals surface area contributed by atoms with Gasteiger partial charge in [0, 0.05) is 24.7 Å². The Morgan fingerprint density at radius 2 is 1.71 bits per heavy atom. The lowest BCUT2D eigenvalue weighted by Gasteiger charge is -2.19. The molecular formula is C23H21NO4. The minimum absolute atomic E-state index is 0.0510. The van der Waals surface area contributed by atoms with E-state index in [2.05, 4.69) is 0 Å². The summed E-state index contributed by atoms with van der Waals surface area (Å²) in [4.78, 5) is 14.7. The summed E-state index contributed by atoms with van der Waals surface area (Å²) in [6.07, 6.45) is 0. The van der Waals surface area contributed by atoms with Gasteiger partial charge >= 0.3 is 0 Å². The van der Waals surface area contributed by atoms with E-state index in [4.69, 9.17) is 14.2 Å². The van der Waals surface area contributed by atoms with Crippen LogP contribution in [0.3, 0.4) is 0 Å². The molecule has 142 valence electrons.